The second-order valence-electron chi connectivity index (χ2n) is 6.18. The number of carbonyl (C=O) groups excluding carboxylic acids is 1. The van der Waals surface area contributed by atoms with E-state index < -0.39 is 5.60 Å². The average molecular weight is 273 g/mol. The molecule has 2 rings (SSSR count). The largest absolute Gasteiger partial charge is 0.444 e. The van der Waals surface area contributed by atoms with Crippen LogP contribution in [0.5, 0.6) is 0 Å². The summed E-state index contributed by atoms with van der Waals surface area (Å²) >= 11 is 0. The van der Waals surface area contributed by atoms with Gasteiger partial charge in [0.15, 0.2) is 0 Å². The van der Waals surface area contributed by atoms with Crippen molar-refractivity contribution in [3.05, 3.63) is 48.0 Å². The zero-order valence-corrected chi connectivity index (χ0v) is 12.5. The van der Waals surface area contributed by atoms with Gasteiger partial charge in [-0.25, -0.2) is 4.79 Å². The van der Waals surface area contributed by atoms with Gasteiger partial charge in [0.2, 0.25) is 0 Å². The van der Waals surface area contributed by atoms with Gasteiger partial charge < -0.3 is 9.64 Å². The van der Waals surface area contributed by atoms with E-state index in [9.17, 15) is 4.79 Å². The lowest BCUT2D eigenvalue weighted by atomic mass is 9.99. The quantitative estimate of drug-likeness (QED) is 0.767. The molecule has 1 heterocycles. The zero-order valence-electron chi connectivity index (χ0n) is 12.5. The third kappa shape index (κ3) is 4.12. The van der Waals surface area contributed by atoms with Crippen LogP contribution in [-0.2, 0) is 11.2 Å². The Morgan fingerprint density at radius 2 is 1.95 bits per heavy atom. The van der Waals surface area contributed by atoms with Crippen molar-refractivity contribution in [2.75, 3.05) is 6.54 Å². The summed E-state index contributed by atoms with van der Waals surface area (Å²) in [5.74, 6) is 0. The topological polar surface area (TPSA) is 29.5 Å². The van der Waals surface area contributed by atoms with Crippen LogP contribution in [0.1, 0.15) is 32.8 Å². The molecule has 1 aliphatic rings. The first-order valence-corrected chi connectivity index (χ1v) is 7.14. The van der Waals surface area contributed by atoms with E-state index in [1.54, 1.807) is 0 Å². The van der Waals surface area contributed by atoms with Crippen LogP contribution in [0.25, 0.3) is 0 Å². The van der Waals surface area contributed by atoms with Gasteiger partial charge in [0.05, 0.1) is 0 Å². The molecule has 0 aliphatic carbocycles. The van der Waals surface area contributed by atoms with Gasteiger partial charge in [-0.3, -0.25) is 0 Å². The van der Waals surface area contributed by atoms with Crippen molar-refractivity contribution in [1.29, 1.82) is 0 Å². The van der Waals surface area contributed by atoms with Crippen LogP contribution >= 0.6 is 0 Å². The summed E-state index contributed by atoms with van der Waals surface area (Å²) < 4.78 is 5.50. The van der Waals surface area contributed by atoms with Crippen molar-refractivity contribution >= 4 is 6.09 Å². The van der Waals surface area contributed by atoms with Crippen LogP contribution in [0.2, 0.25) is 0 Å². The summed E-state index contributed by atoms with van der Waals surface area (Å²) in [6.45, 7) is 6.33. The first-order chi connectivity index (χ1) is 9.46. The molecule has 0 spiro atoms. The Labute approximate surface area is 121 Å². The summed E-state index contributed by atoms with van der Waals surface area (Å²) in [7, 11) is 0. The molecule has 0 N–H and O–H groups in total. The molecule has 1 aliphatic heterocycles. The molecule has 1 unspecified atom stereocenters. The zero-order chi connectivity index (χ0) is 14.6. The maximum atomic E-state index is 12.3. The molecule has 0 fully saturated rings. The minimum Gasteiger partial charge on any atom is -0.444 e. The van der Waals surface area contributed by atoms with E-state index in [1.165, 1.54) is 5.56 Å². The van der Waals surface area contributed by atoms with Crippen molar-refractivity contribution in [3.8, 4) is 0 Å². The standard InChI is InChI=1S/C17H23NO2/c1-17(2,3)20-16(19)18-12-8-7-11-15(18)13-14-9-5-4-6-10-14/h4-10,15H,11-13H2,1-3H3. The van der Waals surface area contributed by atoms with Crippen LogP contribution in [-0.4, -0.2) is 29.2 Å². The summed E-state index contributed by atoms with van der Waals surface area (Å²) in [5, 5.41) is 0. The molecule has 1 aromatic rings. The van der Waals surface area contributed by atoms with Crippen LogP contribution < -0.4 is 0 Å². The van der Waals surface area contributed by atoms with Crippen LogP contribution in [0, 0.1) is 0 Å². The summed E-state index contributed by atoms with van der Waals surface area (Å²) in [6, 6.07) is 10.5. The number of nitrogens with zero attached hydrogens (tertiary/aromatic N) is 1. The Kier molecular flexibility index (Phi) is 4.48. The van der Waals surface area contributed by atoms with E-state index in [2.05, 4.69) is 18.2 Å². The van der Waals surface area contributed by atoms with Gasteiger partial charge in [0.1, 0.15) is 5.60 Å². The third-order valence-electron chi connectivity index (χ3n) is 3.26. The molecule has 0 saturated carbocycles. The van der Waals surface area contributed by atoms with Gasteiger partial charge in [-0.05, 0) is 39.2 Å². The highest BCUT2D eigenvalue weighted by molar-refractivity contribution is 5.69. The monoisotopic (exact) mass is 273 g/mol. The first kappa shape index (κ1) is 14.6. The normalized spacial score (nSPS) is 18.9. The molecule has 1 aromatic carbocycles. The molecular formula is C17H23NO2. The Bertz CT molecular complexity index is 474. The Hall–Kier alpha value is -1.77. The maximum Gasteiger partial charge on any atom is 0.410 e. The van der Waals surface area contributed by atoms with E-state index in [0.717, 1.165) is 12.8 Å². The van der Waals surface area contributed by atoms with E-state index >= 15 is 0 Å². The molecule has 3 heteroatoms. The Morgan fingerprint density at radius 3 is 2.60 bits per heavy atom. The SMILES string of the molecule is CC(C)(C)OC(=O)N1CC=CCC1Cc1ccccc1. The lowest BCUT2D eigenvalue weighted by molar-refractivity contribution is 0.0179. The molecular weight excluding hydrogens is 250 g/mol. The van der Waals surface area contributed by atoms with Crippen LogP contribution in [0.15, 0.2) is 42.5 Å². The van der Waals surface area contributed by atoms with E-state index in [4.69, 9.17) is 4.74 Å². The van der Waals surface area contributed by atoms with Gasteiger partial charge in [-0.15, -0.1) is 0 Å². The lowest BCUT2D eigenvalue weighted by Gasteiger charge is -2.34. The highest BCUT2D eigenvalue weighted by atomic mass is 16.6. The van der Waals surface area contributed by atoms with Gasteiger partial charge in [0.25, 0.3) is 0 Å². The molecule has 20 heavy (non-hydrogen) atoms. The van der Waals surface area contributed by atoms with Crippen molar-refractivity contribution < 1.29 is 9.53 Å². The fourth-order valence-electron chi connectivity index (χ4n) is 2.34. The number of hydrogen-bond donors (Lipinski definition) is 0. The van der Waals surface area contributed by atoms with Gasteiger partial charge in [-0.1, -0.05) is 42.5 Å². The first-order valence-electron chi connectivity index (χ1n) is 7.14. The second-order valence-corrected chi connectivity index (χ2v) is 6.18. The molecule has 0 bridgehead atoms. The highest BCUT2D eigenvalue weighted by Crippen LogP contribution is 2.20. The minimum atomic E-state index is -0.449. The predicted octanol–water partition coefficient (Wildman–Crippen LogP) is 3.79. The molecule has 108 valence electrons. The molecule has 0 radical (unpaired) electrons. The van der Waals surface area contributed by atoms with Crippen LogP contribution in [0.4, 0.5) is 4.79 Å². The van der Waals surface area contributed by atoms with Crippen molar-refractivity contribution in [3.63, 3.8) is 0 Å². The highest BCUT2D eigenvalue weighted by Gasteiger charge is 2.28. The summed E-state index contributed by atoms with van der Waals surface area (Å²) in [6.07, 6.45) is 5.71. The predicted molar refractivity (Wildman–Crippen MR) is 80.6 cm³/mol. The van der Waals surface area contributed by atoms with Gasteiger partial charge >= 0.3 is 6.09 Å². The molecule has 1 atom stereocenters. The van der Waals surface area contributed by atoms with E-state index in [0.29, 0.717) is 6.54 Å². The fraction of sp³-hybridized carbons (Fsp3) is 0.471. The number of ether oxygens (including phenoxy) is 1. The fourth-order valence-corrected chi connectivity index (χ4v) is 2.34. The third-order valence-corrected chi connectivity index (χ3v) is 3.26. The Balaban J connectivity index is 2.06. The van der Waals surface area contributed by atoms with Crippen LogP contribution in [0.3, 0.4) is 0 Å². The molecule has 3 nitrogen and oxygen atoms in total. The molecule has 0 aromatic heterocycles. The second kappa shape index (κ2) is 6.12. The average Bonchev–Trinajstić information content (AvgIpc) is 2.38. The van der Waals surface area contributed by atoms with Crippen molar-refractivity contribution in [1.82, 2.24) is 4.90 Å². The maximum absolute atomic E-state index is 12.3. The van der Waals surface area contributed by atoms with E-state index in [1.807, 2.05) is 49.9 Å². The lowest BCUT2D eigenvalue weighted by Crippen LogP contribution is -2.45. The van der Waals surface area contributed by atoms with Gasteiger partial charge in [-0.2, -0.15) is 0 Å². The van der Waals surface area contributed by atoms with Gasteiger partial charge in [0, 0.05) is 12.6 Å². The van der Waals surface area contributed by atoms with E-state index in [-0.39, 0.29) is 12.1 Å². The number of amides is 1. The smallest absolute Gasteiger partial charge is 0.410 e. The Morgan fingerprint density at radius 1 is 1.25 bits per heavy atom. The summed E-state index contributed by atoms with van der Waals surface area (Å²) in [5.41, 5.74) is 0.802. The molecule has 1 amide bonds. The number of benzene rings is 1. The minimum absolute atomic E-state index is 0.178. The number of carbonyl (C=O) groups is 1. The summed E-state index contributed by atoms with van der Waals surface area (Å²) in [4.78, 5) is 14.1. The number of hydrogen-bond acceptors (Lipinski definition) is 2. The number of rotatable bonds is 2. The van der Waals surface area contributed by atoms with Crippen molar-refractivity contribution in [2.24, 2.45) is 0 Å². The van der Waals surface area contributed by atoms with Crippen molar-refractivity contribution in [2.45, 2.75) is 45.3 Å². The molecule has 0 saturated heterocycles.